The molecule has 0 aliphatic heterocycles. The maximum atomic E-state index is 12.0. The van der Waals surface area contributed by atoms with Gasteiger partial charge in [-0.25, -0.2) is 5.43 Å². The summed E-state index contributed by atoms with van der Waals surface area (Å²) >= 11 is 6.76. The first kappa shape index (κ1) is 16.7. The molecule has 1 amide bonds. The summed E-state index contributed by atoms with van der Waals surface area (Å²) < 4.78 is 7.52. The fraction of sp³-hybridized carbons (Fsp3) is 0. The van der Waals surface area contributed by atoms with E-state index in [9.17, 15) is 4.79 Å². The van der Waals surface area contributed by atoms with Crippen LogP contribution in [-0.4, -0.2) is 12.1 Å². The van der Waals surface area contributed by atoms with Crippen molar-refractivity contribution in [1.29, 1.82) is 0 Å². The summed E-state index contributed by atoms with van der Waals surface area (Å²) in [7, 11) is 0. The van der Waals surface area contributed by atoms with Crippen molar-refractivity contribution < 1.29 is 9.21 Å². The molecule has 0 radical (unpaired) electrons. The first-order valence-corrected chi connectivity index (χ1v) is 8.65. The van der Waals surface area contributed by atoms with E-state index < -0.39 is 0 Å². The van der Waals surface area contributed by atoms with E-state index in [1.807, 2.05) is 36.4 Å². The minimum Gasteiger partial charge on any atom is -0.455 e. The number of nitrogens with zero attached hydrogens (tertiary/aromatic N) is 1. The van der Waals surface area contributed by atoms with E-state index in [1.165, 1.54) is 6.21 Å². The number of rotatable bonds is 4. The third kappa shape index (κ3) is 4.21. The molecule has 6 heteroatoms. The zero-order valence-corrected chi connectivity index (χ0v) is 15.5. The Kier molecular flexibility index (Phi) is 5.27. The summed E-state index contributed by atoms with van der Waals surface area (Å²) in [6.07, 6.45) is 1.47. The topological polar surface area (TPSA) is 54.6 Å². The third-order valence-electron chi connectivity index (χ3n) is 3.18. The molecule has 1 N–H and O–H groups in total. The van der Waals surface area contributed by atoms with Gasteiger partial charge in [-0.05, 0) is 42.5 Å². The molecule has 1 heterocycles. The Hall–Kier alpha value is -2.18. The highest BCUT2D eigenvalue weighted by Gasteiger charge is 2.05. The van der Waals surface area contributed by atoms with Gasteiger partial charge in [0.25, 0.3) is 5.91 Å². The minimum absolute atomic E-state index is 0.286. The van der Waals surface area contributed by atoms with Crippen LogP contribution in [0.1, 0.15) is 16.1 Å². The van der Waals surface area contributed by atoms with Crippen LogP contribution in [0.2, 0.25) is 0 Å². The Bertz CT molecular complexity index is 903. The molecule has 2 aromatic carbocycles. The molecule has 0 saturated carbocycles. The van der Waals surface area contributed by atoms with Crippen LogP contribution in [0, 0.1) is 0 Å². The number of carbonyl (C=O) groups is 1. The molecule has 0 aliphatic carbocycles. The molecule has 4 nitrogen and oxygen atoms in total. The van der Waals surface area contributed by atoms with Gasteiger partial charge in [0.15, 0.2) is 0 Å². The summed E-state index contributed by atoms with van der Waals surface area (Å²) in [6, 6.07) is 18.6. The van der Waals surface area contributed by atoms with Crippen LogP contribution < -0.4 is 5.43 Å². The molecule has 3 aromatic rings. The number of hydrogen-bond donors (Lipinski definition) is 1. The smallest absolute Gasteiger partial charge is 0.271 e. The summed E-state index contributed by atoms with van der Waals surface area (Å²) in [4.78, 5) is 12.0. The summed E-state index contributed by atoms with van der Waals surface area (Å²) in [5.74, 6) is 1.00. The highest BCUT2D eigenvalue weighted by atomic mass is 79.9. The maximum absolute atomic E-state index is 12.0. The number of furan rings is 1. The predicted molar refractivity (Wildman–Crippen MR) is 101 cm³/mol. The van der Waals surface area contributed by atoms with Crippen molar-refractivity contribution in [3.63, 3.8) is 0 Å². The van der Waals surface area contributed by atoms with Crippen molar-refractivity contribution in [2.75, 3.05) is 0 Å². The number of carbonyl (C=O) groups excluding carboxylic acids is 1. The molecule has 0 aliphatic rings. The van der Waals surface area contributed by atoms with Crippen LogP contribution in [0.4, 0.5) is 0 Å². The molecule has 24 heavy (non-hydrogen) atoms. The second-order valence-corrected chi connectivity index (χ2v) is 6.75. The zero-order chi connectivity index (χ0) is 16.9. The Morgan fingerprint density at radius 1 is 1.00 bits per heavy atom. The monoisotopic (exact) mass is 446 g/mol. The van der Waals surface area contributed by atoms with E-state index in [1.54, 1.807) is 24.3 Å². The van der Waals surface area contributed by atoms with E-state index in [4.69, 9.17) is 4.42 Å². The molecule has 0 atom stereocenters. The molecule has 0 bridgehead atoms. The largest absolute Gasteiger partial charge is 0.455 e. The molecule has 3 rings (SSSR count). The van der Waals surface area contributed by atoms with Gasteiger partial charge < -0.3 is 4.42 Å². The first-order valence-electron chi connectivity index (χ1n) is 7.06. The van der Waals surface area contributed by atoms with Gasteiger partial charge in [-0.15, -0.1) is 0 Å². The van der Waals surface area contributed by atoms with E-state index in [0.29, 0.717) is 11.3 Å². The quantitative estimate of drug-likeness (QED) is 0.439. The molecule has 0 fully saturated rings. The van der Waals surface area contributed by atoms with Crippen molar-refractivity contribution in [3.05, 3.63) is 80.9 Å². The Morgan fingerprint density at radius 3 is 2.50 bits per heavy atom. The lowest BCUT2D eigenvalue weighted by molar-refractivity contribution is 0.0955. The van der Waals surface area contributed by atoms with E-state index in [-0.39, 0.29) is 5.91 Å². The molecule has 0 spiro atoms. The Balaban J connectivity index is 1.66. The molecule has 120 valence electrons. The molecule has 0 saturated heterocycles. The predicted octanol–water partition coefficient (Wildman–Crippen LogP) is 5.24. The van der Waals surface area contributed by atoms with Crippen molar-refractivity contribution in [3.8, 4) is 11.3 Å². The minimum atomic E-state index is -0.286. The average Bonchev–Trinajstić information content (AvgIpc) is 3.04. The average molecular weight is 448 g/mol. The second kappa shape index (κ2) is 7.59. The van der Waals surface area contributed by atoms with Gasteiger partial charge >= 0.3 is 0 Å². The van der Waals surface area contributed by atoms with Gasteiger partial charge in [0.05, 0.1) is 6.21 Å². The number of hydrogen-bond acceptors (Lipinski definition) is 3. The number of halogens is 2. The SMILES string of the molecule is O=C(N/N=C/c1ccc(-c2cccc(Br)c2)o1)c1cccc(Br)c1. The highest BCUT2D eigenvalue weighted by Crippen LogP contribution is 2.24. The van der Waals surface area contributed by atoms with Crippen LogP contribution in [0.25, 0.3) is 11.3 Å². The van der Waals surface area contributed by atoms with Crippen molar-refractivity contribution in [2.24, 2.45) is 5.10 Å². The highest BCUT2D eigenvalue weighted by molar-refractivity contribution is 9.10. The molecule has 1 aromatic heterocycles. The molecular weight excluding hydrogens is 436 g/mol. The lowest BCUT2D eigenvalue weighted by Gasteiger charge is -1.99. The molecular formula is C18H12Br2N2O2. The van der Waals surface area contributed by atoms with Crippen molar-refractivity contribution in [1.82, 2.24) is 5.43 Å². The first-order chi connectivity index (χ1) is 11.6. The normalized spacial score (nSPS) is 10.9. The lowest BCUT2D eigenvalue weighted by Crippen LogP contribution is -2.17. The summed E-state index contributed by atoms with van der Waals surface area (Å²) in [5.41, 5.74) is 3.96. The maximum Gasteiger partial charge on any atom is 0.271 e. The second-order valence-electron chi connectivity index (χ2n) is 4.92. The van der Waals surface area contributed by atoms with Crippen LogP contribution in [0.3, 0.4) is 0 Å². The lowest BCUT2D eigenvalue weighted by atomic mass is 10.2. The van der Waals surface area contributed by atoms with E-state index in [0.717, 1.165) is 20.3 Å². The van der Waals surface area contributed by atoms with Crippen LogP contribution in [0.15, 0.2) is 79.1 Å². The zero-order valence-electron chi connectivity index (χ0n) is 12.4. The van der Waals surface area contributed by atoms with Gasteiger partial charge in [0.1, 0.15) is 11.5 Å². The van der Waals surface area contributed by atoms with Gasteiger partial charge in [0, 0.05) is 20.1 Å². The fourth-order valence-corrected chi connectivity index (χ4v) is 2.87. The van der Waals surface area contributed by atoms with Crippen LogP contribution >= 0.6 is 31.9 Å². The summed E-state index contributed by atoms with van der Waals surface area (Å²) in [5, 5.41) is 3.93. The number of hydrazone groups is 1. The van der Waals surface area contributed by atoms with Gasteiger partial charge in [-0.1, -0.05) is 50.1 Å². The van der Waals surface area contributed by atoms with Crippen LogP contribution in [-0.2, 0) is 0 Å². The fourth-order valence-electron chi connectivity index (χ4n) is 2.07. The number of amides is 1. The van der Waals surface area contributed by atoms with Crippen molar-refractivity contribution >= 4 is 44.0 Å². The van der Waals surface area contributed by atoms with Gasteiger partial charge in [-0.2, -0.15) is 5.10 Å². The van der Waals surface area contributed by atoms with E-state index >= 15 is 0 Å². The summed E-state index contributed by atoms with van der Waals surface area (Å²) in [6.45, 7) is 0. The van der Waals surface area contributed by atoms with Gasteiger partial charge in [-0.3, -0.25) is 4.79 Å². The van der Waals surface area contributed by atoms with Gasteiger partial charge in [0.2, 0.25) is 0 Å². The number of nitrogens with one attached hydrogen (secondary N) is 1. The number of benzene rings is 2. The standard InChI is InChI=1S/C18H12Br2N2O2/c19-14-5-1-3-12(9-14)17-8-7-16(24-17)11-21-22-18(23)13-4-2-6-15(20)10-13/h1-11H,(H,22,23)/b21-11+. The molecule has 0 unspecified atom stereocenters. The van der Waals surface area contributed by atoms with Crippen LogP contribution in [0.5, 0.6) is 0 Å². The Morgan fingerprint density at radius 2 is 1.75 bits per heavy atom. The van der Waals surface area contributed by atoms with E-state index in [2.05, 4.69) is 42.4 Å². The Labute approximate surface area is 155 Å². The van der Waals surface area contributed by atoms with Crippen molar-refractivity contribution in [2.45, 2.75) is 0 Å². The third-order valence-corrected chi connectivity index (χ3v) is 4.17.